The number of fused-ring (bicyclic) bond motifs is 3. The molecule has 1 aliphatic heterocycles. The maximum absolute atomic E-state index is 12.7. The molecule has 0 radical (unpaired) electrons. The van der Waals surface area contributed by atoms with E-state index in [0.717, 1.165) is 43.3 Å². The first-order valence-corrected chi connectivity index (χ1v) is 11.3. The molecule has 26 heavy (non-hydrogen) atoms. The van der Waals surface area contributed by atoms with E-state index in [1.165, 1.54) is 10.9 Å². The molecular weight excluding hydrogens is 348 g/mol. The monoisotopic (exact) mass is 374 g/mol. The average Bonchev–Trinajstić information content (AvgIpc) is 3.29. The lowest BCUT2D eigenvalue weighted by Gasteiger charge is -2.33. The van der Waals surface area contributed by atoms with Gasteiger partial charge < -0.3 is 9.88 Å². The summed E-state index contributed by atoms with van der Waals surface area (Å²) in [6.45, 7) is 2.68. The van der Waals surface area contributed by atoms with Gasteiger partial charge in [0.2, 0.25) is 5.91 Å². The normalized spacial score (nSPS) is 21.3. The van der Waals surface area contributed by atoms with Crippen molar-refractivity contribution in [2.24, 2.45) is 0 Å². The Bertz CT molecular complexity index is 926. The number of H-pyrrole nitrogens is 1. The molecule has 0 spiro atoms. The average molecular weight is 375 g/mol. The summed E-state index contributed by atoms with van der Waals surface area (Å²) in [5, 5.41) is 1.000. The van der Waals surface area contributed by atoms with Gasteiger partial charge in [0.15, 0.2) is 9.84 Å². The Balaban J connectivity index is 1.47. The molecule has 2 heterocycles. The molecule has 1 aliphatic carbocycles. The van der Waals surface area contributed by atoms with Gasteiger partial charge in [-0.3, -0.25) is 4.79 Å². The van der Waals surface area contributed by atoms with Crippen molar-refractivity contribution in [2.75, 3.05) is 12.3 Å². The van der Waals surface area contributed by atoms with Crippen molar-refractivity contribution in [2.45, 2.75) is 56.7 Å². The second kappa shape index (κ2) is 6.72. The largest absolute Gasteiger partial charge is 0.356 e. The number of rotatable bonds is 4. The van der Waals surface area contributed by atoms with E-state index in [1.54, 1.807) is 0 Å². The predicted octanol–water partition coefficient (Wildman–Crippen LogP) is 3.36. The lowest BCUT2D eigenvalue weighted by molar-refractivity contribution is -0.133. The minimum Gasteiger partial charge on any atom is -0.356 e. The van der Waals surface area contributed by atoms with Crippen LogP contribution in [0.25, 0.3) is 10.9 Å². The molecule has 1 amide bonds. The van der Waals surface area contributed by atoms with Crippen LogP contribution >= 0.6 is 0 Å². The number of sulfone groups is 1. The molecule has 4 rings (SSSR count). The zero-order chi connectivity index (χ0) is 18.3. The number of amides is 1. The van der Waals surface area contributed by atoms with Gasteiger partial charge in [0.25, 0.3) is 0 Å². The van der Waals surface area contributed by atoms with Gasteiger partial charge in [0.05, 0.1) is 17.0 Å². The number of para-hydroxylation sites is 1. The Kier molecular flexibility index (Phi) is 4.55. The second-order valence-electron chi connectivity index (χ2n) is 7.60. The van der Waals surface area contributed by atoms with Crippen LogP contribution in [0.15, 0.2) is 24.3 Å². The minimum atomic E-state index is -3.15. The maximum atomic E-state index is 12.7. The van der Waals surface area contributed by atoms with Gasteiger partial charge in [-0.15, -0.1) is 0 Å². The number of aromatic amines is 1. The first-order chi connectivity index (χ1) is 12.5. The van der Waals surface area contributed by atoms with E-state index in [1.807, 2.05) is 24.0 Å². The summed E-state index contributed by atoms with van der Waals surface area (Å²) in [5.74, 6) is -0.0670. The van der Waals surface area contributed by atoms with E-state index in [0.29, 0.717) is 6.54 Å². The summed E-state index contributed by atoms with van der Waals surface area (Å²) in [5.41, 5.74) is 3.47. The van der Waals surface area contributed by atoms with Crippen molar-refractivity contribution in [3.8, 4) is 0 Å². The second-order valence-corrected chi connectivity index (χ2v) is 10.0. The Hall–Kier alpha value is -1.82. The molecule has 1 saturated carbocycles. The van der Waals surface area contributed by atoms with Crippen LogP contribution in [0.1, 0.15) is 56.3 Å². The molecule has 140 valence electrons. The van der Waals surface area contributed by atoms with Crippen LogP contribution in [0.2, 0.25) is 0 Å². The molecule has 1 N–H and O–H groups in total. The smallest absolute Gasteiger partial charge is 0.224 e. The molecule has 1 unspecified atom stereocenters. The molecule has 0 saturated heterocycles. The van der Waals surface area contributed by atoms with E-state index >= 15 is 0 Å². The summed E-state index contributed by atoms with van der Waals surface area (Å²) >= 11 is 0. The predicted molar refractivity (Wildman–Crippen MR) is 103 cm³/mol. The summed E-state index contributed by atoms with van der Waals surface area (Å²) in [7, 11) is -3.15. The molecule has 2 aliphatic rings. The highest BCUT2D eigenvalue weighted by Crippen LogP contribution is 2.34. The number of benzene rings is 1. The topological polar surface area (TPSA) is 70.2 Å². The zero-order valence-corrected chi connectivity index (χ0v) is 16.0. The van der Waals surface area contributed by atoms with Crippen molar-refractivity contribution in [1.82, 2.24) is 9.88 Å². The first kappa shape index (κ1) is 17.6. The van der Waals surface area contributed by atoms with Crippen molar-refractivity contribution in [1.29, 1.82) is 0 Å². The van der Waals surface area contributed by atoms with E-state index in [9.17, 15) is 13.2 Å². The lowest BCUT2D eigenvalue weighted by atomic mass is 9.98. The highest BCUT2D eigenvalue weighted by Gasteiger charge is 2.33. The van der Waals surface area contributed by atoms with Crippen molar-refractivity contribution in [3.63, 3.8) is 0 Å². The fourth-order valence-electron chi connectivity index (χ4n) is 4.56. The zero-order valence-electron chi connectivity index (χ0n) is 15.2. The number of hydrogen-bond acceptors (Lipinski definition) is 3. The van der Waals surface area contributed by atoms with Crippen LogP contribution in [0.3, 0.4) is 0 Å². The van der Waals surface area contributed by atoms with Crippen LogP contribution in [0.5, 0.6) is 0 Å². The van der Waals surface area contributed by atoms with E-state index in [-0.39, 0.29) is 29.4 Å². The van der Waals surface area contributed by atoms with Crippen LogP contribution in [0, 0.1) is 0 Å². The van der Waals surface area contributed by atoms with Crippen molar-refractivity contribution < 1.29 is 13.2 Å². The van der Waals surface area contributed by atoms with E-state index < -0.39 is 9.84 Å². The maximum Gasteiger partial charge on any atom is 0.224 e. The fourth-order valence-corrected chi connectivity index (χ4v) is 6.40. The highest BCUT2D eigenvalue weighted by atomic mass is 32.2. The third-order valence-corrected chi connectivity index (χ3v) is 8.33. The van der Waals surface area contributed by atoms with Gasteiger partial charge in [-0.1, -0.05) is 31.0 Å². The van der Waals surface area contributed by atoms with Crippen molar-refractivity contribution >= 4 is 26.6 Å². The summed E-state index contributed by atoms with van der Waals surface area (Å²) in [4.78, 5) is 18.0. The van der Waals surface area contributed by atoms with Gasteiger partial charge in [-0.2, -0.15) is 0 Å². The molecule has 1 aromatic carbocycles. The molecule has 0 bridgehead atoms. The number of carbonyl (C=O) groups is 1. The summed E-state index contributed by atoms with van der Waals surface area (Å²) < 4.78 is 24.9. The van der Waals surface area contributed by atoms with Crippen LogP contribution in [-0.4, -0.2) is 41.8 Å². The fraction of sp³-hybridized carbons (Fsp3) is 0.550. The number of nitrogens with zero attached hydrogens (tertiary/aromatic N) is 1. The van der Waals surface area contributed by atoms with Crippen LogP contribution in [0.4, 0.5) is 0 Å². The number of carbonyl (C=O) groups excluding carboxylic acids is 1. The highest BCUT2D eigenvalue weighted by molar-refractivity contribution is 7.92. The van der Waals surface area contributed by atoms with Gasteiger partial charge in [0.1, 0.15) is 0 Å². The molecule has 1 aromatic heterocycles. The molecular formula is C20H26N2O3S. The summed E-state index contributed by atoms with van der Waals surface area (Å²) in [6, 6.07) is 8.16. The molecule has 2 aromatic rings. The standard InChI is InChI=1S/C20H26N2O3S/c1-14-20-17(16-8-4-5-9-18(16)21-20)10-12-22(14)19(23)11-13-26(24,25)15-6-2-3-7-15/h4-5,8-9,14-15,21H,2-3,6-7,10-13H2,1H3. The Labute approximate surface area is 154 Å². The SMILES string of the molecule is CC1c2[nH]c3ccccc3c2CCN1C(=O)CCS(=O)(=O)C1CCCC1. The van der Waals surface area contributed by atoms with Gasteiger partial charge >= 0.3 is 0 Å². The molecule has 5 nitrogen and oxygen atoms in total. The number of nitrogens with one attached hydrogen (secondary N) is 1. The third kappa shape index (κ3) is 3.04. The minimum absolute atomic E-state index is 0.0146. The van der Waals surface area contributed by atoms with Gasteiger partial charge in [-0.25, -0.2) is 8.42 Å². The number of hydrogen-bond donors (Lipinski definition) is 1. The van der Waals surface area contributed by atoms with E-state index in [2.05, 4.69) is 17.1 Å². The molecule has 1 fully saturated rings. The summed E-state index contributed by atoms with van der Waals surface area (Å²) in [6.07, 6.45) is 4.40. The third-order valence-electron chi connectivity index (χ3n) is 6.07. The first-order valence-electron chi connectivity index (χ1n) is 9.58. The Morgan fingerprint density at radius 1 is 1.23 bits per heavy atom. The van der Waals surface area contributed by atoms with Crippen molar-refractivity contribution in [3.05, 3.63) is 35.5 Å². The molecule has 1 atom stereocenters. The lowest BCUT2D eigenvalue weighted by Crippen LogP contribution is -2.39. The number of aromatic nitrogens is 1. The molecule has 6 heteroatoms. The quantitative estimate of drug-likeness (QED) is 0.892. The van der Waals surface area contributed by atoms with Crippen LogP contribution < -0.4 is 0 Å². The Morgan fingerprint density at radius 3 is 2.73 bits per heavy atom. The van der Waals surface area contributed by atoms with Gasteiger partial charge in [0, 0.05) is 29.6 Å². The van der Waals surface area contributed by atoms with Gasteiger partial charge in [-0.05, 0) is 37.8 Å². The van der Waals surface area contributed by atoms with Crippen LogP contribution in [-0.2, 0) is 21.1 Å². The van der Waals surface area contributed by atoms with E-state index in [4.69, 9.17) is 0 Å². The Morgan fingerprint density at radius 2 is 1.96 bits per heavy atom.